The van der Waals surface area contributed by atoms with Gasteiger partial charge in [-0.1, -0.05) is 0 Å². The number of aryl methyl sites for hydroxylation is 2. The molecule has 3 heterocycles. The molecule has 0 N–H and O–H groups in total. The van der Waals surface area contributed by atoms with Crippen LogP contribution in [0.5, 0.6) is 0 Å². The smallest absolute Gasteiger partial charge is 0.179 e. The van der Waals surface area contributed by atoms with Gasteiger partial charge < -0.3 is 8.97 Å². The number of aromatic nitrogens is 2. The maximum atomic E-state index is 11.6. The second-order valence-electron chi connectivity index (χ2n) is 5.37. The third-order valence-corrected chi connectivity index (χ3v) is 3.94. The lowest BCUT2D eigenvalue weighted by Crippen LogP contribution is -1.95. The molecule has 0 amide bonds. The molecule has 0 aliphatic heterocycles. The number of hydrogen-bond donors (Lipinski definition) is 0. The molecule has 98 valence electrons. The molecule has 1 aromatic carbocycles. The van der Waals surface area contributed by atoms with E-state index < -0.39 is 0 Å². The summed E-state index contributed by atoms with van der Waals surface area (Å²) in [4.78, 5) is 11.6. The summed E-state index contributed by atoms with van der Waals surface area (Å²) in [6.45, 7) is 2.11. The van der Waals surface area contributed by atoms with Crippen LogP contribution in [0.1, 0.15) is 5.56 Å². The molecule has 3 heteroatoms. The first-order valence-electron chi connectivity index (χ1n) is 6.64. The van der Waals surface area contributed by atoms with Crippen molar-refractivity contribution < 1.29 is 0 Å². The summed E-state index contributed by atoms with van der Waals surface area (Å²) < 4.78 is 4.22. The average Bonchev–Trinajstić information content (AvgIpc) is 2.77. The SMILES string of the molecule is Cc1cc2c3cc(=O)ccc3cn2c2cn(C)ccc12. The van der Waals surface area contributed by atoms with E-state index in [-0.39, 0.29) is 5.43 Å². The Morgan fingerprint density at radius 2 is 1.80 bits per heavy atom. The number of rotatable bonds is 0. The maximum Gasteiger partial charge on any atom is 0.179 e. The van der Waals surface area contributed by atoms with Crippen LogP contribution in [-0.2, 0) is 7.05 Å². The topological polar surface area (TPSA) is 26.4 Å². The summed E-state index contributed by atoms with van der Waals surface area (Å²) >= 11 is 0. The Labute approximate surface area is 115 Å². The summed E-state index contributed by atoms with van der Waals surface area (Å²) in [7, 11) is 2.02. The lowest BCUT2D eigenvalue weighted by molar-refractivity contribution is 0.908. The van der Waals surface area contributed by atoms with Gasteiger partial charge in [0.2, 0.25) is 0 Å². The van der Waals surface area contributed by atoms with Gasteiger partial charge in [-0.25, -0.2) is 0 Å². The Hall–Kier alpha value is -2.55. The molecule has 0 unspecified atom stereocenters. The van der Waals surface area contributed by atoms with Gasteiger partial charge in [0.15, 0.2) is 5.43 Å². The molecule has 0 saturated heterocycles. The second kappa shape index (κ2) is 3.73. The summed E-state index contributed by atoms with van der Waals surface area (Å²) in [6.07, 6.45) is 6.28. The number of fused-ring (bicyclic) bond motifs is 5. The fraction of sp³-hybridized carbons (Fsp3) is 0.118. The van der Waals surface area contributed by atoms with Crippen LogP contribution >= 0.6 is 0 Å². The normalized spacial score (nSPS) is 11.7. The molecule has 0 spiro atoms. The summed E-state index contributed by atoms with van der Waals surface area (Å²) in [5.74, 6) is 0. The Balaban J connectivity index is 2.34. The van der Waals surface area contributed by atoms with Crippen LogP contribution in [0.15, 0.2) is 53.7 Å². The van der Waals surface area contributed by atoms with Gasteiger partial charge in [-0.3, -0.25) is 4.79 Å². The van der Waals surface area contributed by atoms with E-state index in [1.165, 1.54) is 10.9 Å². The predicted molar refractivity (Wildman–Crippen MR) is 82.4 cm³/mol. The van der Waals surface area contributed by atoms with Crippen molar-refractivity contribution in [2.24, 2.45) is 7.05 Å². The van der Waals surface area contributed by atoms with Crippen molar-refractivity contribution in [3.63, 3.8) is 0 Å². The zero-order valence-electron chi connectivity index (χ0n) is 11.4. The van der Waals surface area contributed by atoms with Gasteiger partial charge in [0.05, 0.1) is 11.0 Å². The number of hydrogen-bond acceptors (Lipinski definition) is 1. The summed E-state index contributed by atoms with van der Waals surface area (Å²) in [5, 5.41) is 3.36. The first-order chi connectivity index (χ1) is 9.63. The van der Waals surface area contributed by atoms with Crippen LogP contribution < -0.4 is 5.43 Å². The minimum absolute atomic E-state index is 0.0574. The Kier molecular flexibility index (Phi) is 2.11. The third kappa shape index (κ3) is 1.43. The van der Waals surface area contributed by atoms with E-state index in [1.54, 1.807) is 12.1 Å². The highest BCUT2D eigenvalue weighted by Crippen LogP contribution is 2.27. The molecule has 4 aromatic rings. The standard InChI is InChI=1S/C17H14N2O/c1-11-7-16-15-8-13(20)4-3-12(15)9-19(16)17-10-18(2)6-5-14(11)17/h3-10H,1-2H3. The van der Waals surface area contributed by atoms with Crippen LogP contribution in [-0.4, -0.2) is 8.97 Å². The van der Waals surface area contributed by atoms with Crippen molar-refractivity contribution in [2.45, 2.75) is 6.92 Å². The van der Waals surface area contributed by atoms with Gasteiger partial charge in [-0.15, -0.1) is 0 Å². The van der Waals surface area contributed by atoms with Gasteiger partial charge in [0.25, 0.3) is 0 Å². The highest BCUT2D eigenvalue weighted by molar-refractivity contribution is 6.01. The van der Waals surface area contributed by atoms with Gasteiger partial charge >= 0.3 is 0 Å². The van der Waals surface area contributed by atoms with Gasteiger partial charge in [-0.05, 0) is 42.8 Å². The summed E-state index contributed by atoms with van der Waals surface area (Å²) in [6, 6.07) is 9.53. The quantitative estimate of drug-likeness (QED) is 0.478. The molecular formula is C17H14N2O. The molecule has 20 heavy (non-hydrogen) atoms. The Bertz CT molecular complexity index is 1040. The number of benzene rings is 1. The van der Waals surface area contributed by atoms with Crippen LogP contribution in [0, 0.1) is 6.92 Å². The van der Waals surface area contributed by atoms with Crippen LogP contribution in [0.3, 0.4) is 0 Å². The fourth-order valence-corrected chi connectivity index (χ4v) is 2.95. The molecule has 0 atom stereocenters. The first kappa shape index (κ1) is 11.3. The fourth-order valence-electron chi connectivity index (χ4n) is 2.95. The van der Waals surface area contributed by atoms with Crippen molar-refractivity contribution in [1.29, 1.82) is 0 Å². The van der Waals surface area contributed by atoms with E-state index in [4.69, 9.17) is 0 Å². The second-order valence-corrected chi connectivity index (χ2v) is 5.37. The highest BCUT2D eigenvalue weighted by atomic mass is 16.1. The van der Waals surface area contributed by atoms with Crippen LogP contribution in [0.2, 0.25) is 0 Å². The zero-order chi connectivity index (χ0) is 13.9. The van der Waals surface area contributed by atoms with Gasteiger partial charge in [0.1, 0.15) is 0 Å². The van der Waals surface area contributed by atoms with Gasteiger partial charge in [0, 0.05) is 41.8 Å². The lowest BCUT2D eigenvalue weighted by Gasteiger charge is -2.08. The Morgan fingerprint density at radius 3 is 2.65 bits per heavy atom. The van der Waals surface area contributed by atoms with Crippen molar-refractivity contribution in [2.75, 3.05) is 0 Å². The predicted octanol–water partition coefficient (Wildman–Crippen LogP) is 3.25. The van der Waals surface area contributed by atoms with E-state index in [0.29, 0.717) is 0 Å². The first-order valence-corrected chi connectivity index (χ1v) is 6.64. The molecule has 3 aromatic heterocycles. The van der Waals surface area contributed by atoms with E-state index in [0.717, 1.165) is 21.8 Å². The monoisotopic (exact) mass is 262 g/mol. The third-order valence-electron chi connectivity index (χ3n) is 3.94. The molecule has 0 radical (unpaired) electrons. The number of nitrogens with zero attached hydrogens (tertiary/aromatic N) is 2. The molecule has 0 saturated carbocycles. The lowest BCUT2D eigenvalue weighted by atomic mass is 10.1. The van der Waals surface area contributed by atoms with Crippen molar-refractivity contribution in [3.05, 3.63) is 64.7 Å². The van der Waals surface area contributed by atoms with Crippen molar-refractivity contribution in [3.8, 4) is 0 Å². The number of pyridine rings is 2. The average molecular weight is 262 g/mol. The highest BCUT2D eigenvalue weighted by Gasteiger charge is 2.08. The minimum Gasteiger partial charge on any atom is -0.355 e. The van der Waals surface area contributed by atoms with Gasteiger partial charge in [-0.2, -0.15) is 0 Å². The van der Waals surface area contributed by atoms with E-state index in [1.807, 2.05) is 17.7 Å². The molecule has 0 aliphatic rings. The molecular weight excluding hydrogens is 248 g/mol. The Morgan fingerprint density at radius 1 is 0.950 bits per heavy atom. The largest absolute Gasteiger partial charge is 0.355 e. The van der Waals surface area contributed by atoms with Crippen molar-refractivity contribution in [1.82, 2.24) is 8.97 Å². The van der Waals surface area contributed by atoms with E-state index in [9.17, 15) is 4.79 Å². The molecule has 0 aliphatic carbocycles. The molecule has 0 fully saturated rings. The van der Waals surface area contributed by atoms with Crippen molar-refractivity contribution >= 4 is 27.2 Å². The van der Waals surface area contributed by atoms with Crippen LogP contribution in [0.25, 0.3) is 27.2 Å². The molecule has 0 bridgehead atoms. The summed E-state index contributed by atoms with van der Waals surface area (Å²) in [5.41, 5.74) is 3.54. The maximum absolute atomic E-state index is 11.6. The molecule has 3 nitrogen and oxygen atoms in total. The zero-order valence-corrected chi connectivity index (χ0v) is 11.4. The van der Waals surface area contributed by atoms with E-state index >= 15 is 0 Å². The minimum atomic E-state index is 0.0574. The van der Waals surface area contributed by atoms with E-state index in [2.05, 4.69) is 42.0 Å². The molecule has 4 rings (SSSR count). The van der Waals surface area contributed by atoms with Crippen LogP contribution in [0.4, 0.5) is 0 Å².